The zero-order valence-corrected chi connectivity index (χ0v) is 11.0. The van der Waals surface area contributed by atoms with E-state index in [1.807, 2.05) is 6.07 Å². The summed E-state index contributed by atoms with van der Waals surface area (Å²) >= 11 is 0. The molecule has 0 radical (unpaired) electrons. The molecule has 2 unspecified atom stereocenters. The van der Waals surface area contributed by atoms with Gasteiger partial charge in [-0.2, -0.15) is 5.26 Å². The summed E-state index contributed by atoms with van der Waals surface area (Å²) in [5.41, 5.74) is 1.27. The SMILES string of the molecule is Cc1cccc(NC(=O)NC(C(=O)O)C(C)O)c1C#N. The minimum Gasteiger partial charge on any atom is -0.480 e. The van der Waals surface area contributed by atoms with Crippen molar-refractivity contribution >= 4 is 17.7 Å². The number of aliphatic hydroxyl groups is 1. The number of nitrogens with one attached hydrogen (secondary N) is 2. The van der Waals surface area contributed by atoms with Gasteiger partial charge in [0.15, 0.2) is 6.04 Å². The van der Waals surface area contributed by atoms with Gasteiger partial charge in [-0.15, -0.1) is 0 Å². The van der Waals surface area contributed by atoms with Gasteiger partial charge in [-0.1, -0.05) is 12.1 Å². The number of anilines is 1. The molecule has 0 spiro atoms. The van der Waals surface area contributed by atoms with Crippen molar-refractivity contribution < 1.29 is 19.8 Å². The van der Waals surface area contributed by atoms with Crippen LogP contribution in [-0.4, -0.2) is 34.4 Å². The Kier molecular flexibility index (Phi) is 5.06. The molecule has 2 amide bonds. The predicted molar refractivity (Wildman–Crippen MR) is 71.2 cm³/mol. The van der Waals surface area contributed by atoms with Crippen molar-refractivity contribution in [3.63, 3.8) is 0 Å². The third kappa shape index (κ3) is 3.70. The maximum atomic E-state index is 11.7. The Labute approximate surface area is 115 Å². The van der Waals surface area contributed by atoms with Crippen LogP contribution in [0.15, 0.2) is 18.2 Å². The third-order valence-corrected chi connectivity index (χ3v) is 2.67. The highest BCUT2D eigenvalue weighted by Crippen LogP contribution is 2.18. The summed E-state index contributed by atoms with van der Waals surface area (Å²) < 4.78 is 0. The zero-order valence-electron chi connectivity index (χ0n) is 11.0. The number of carbonyl (C=O) groups excluding carboxylic acids is 1. The molecule has 106 valence electrons. The Balaban J connectivity index is 2.85. The largest absolute Gasteiger partial charge is 0.480 e. The molecule has 0 saturated heterocycles. The van der Waals surface area contributed by atoms with Gasteiger partial charge in [0.2, 0.25) is 0 Å². The van der Waals surface area contributed by atoms with Crippen LogP contribution in [0.1, 0.15) is 18.1 Å². The molecule has 0 aliphatic carbocycles. The van der Waals surface area contributed by atoms with E-state index in [2.05, 4.69) is 10.6 Å². The molecule has 4 N–H and O–H groups in total. The van der Waals surface area contributed by atoms with Crippen molar-refractivity contribution in [3.8, 4) is 6.07 Å². The first-order chi connectivity index (χ1) is 9.36. The van der Waals surface area contributed by atoms with Crippen LogP contribution in [0.3, 0.4) is 0 Å². The first-order valence-electron chi connectivity index (χ1n) is 5.85. The standard InChI is InChI=1S/C13H15N3O4/c1-7-4-3-5-10(9(7)6-14)15-13(20)16-11(8(2)17)12(18)19/h3-5,8,11,17H,1-2H3,(H,18,19)(H2,15,16,20). The van der Waals surface area contributed by atoms with Crippen LogP contribution >= 0.6 is 0 Å². The van der Waals surface area contributed by atoms with Crippen LogP contribution in [0.5, 0.6) is 0 Å². The van der Waals surface area contributed by atoms with Crippen LogP contribution in [0.25, 0.3) is 0 Å². The second-order valence-electron chi connectivity index (χ2n) is 4.26. The van der Waals surface area contributed by atoms with Gasteiger partial charge in [-0.3, -0.25) is 0 Å². The van der Waals surface area contributed by atoms with Crippen molar-refractivity contribution in [2.75, 3.05) is 5.32 Å². The summed E-state index contributed by atoms with van der Waals surface area (Å²) in [5, 5.41) is 31.7. The van der Waals surface area contributed by atoms with Crippen molar-refractivity contribution in [1.82, 2.24) is 5.32 Å². The number of hydrogen-bond donors (Lipinski definition) is 4. The Morgan fingerprint density at radius 2 is 2.05 bits per heavy atom. The fourth-order valence-electron chi connectivity index (χ4n) is 1.61. The van der Waals surface area contributed by atoms with Crippen LogP contribution < -0.4 is 10.6 Å². The van der Waals surface area contributed by atoms with Gasteiger partial charge in [0.25, 0.3) is 0 Å². The Hall–Kier alpha value is -2.59. The minimum absolute atomic E-state index is 0.278. The molecule has 2 atom stereocenters. The molecule has 0 bridgehead atoms. The lowest BCUT2D eigenvalue weighted by atomic mass is 10.1. The number of aliphatic hydroxyl groups excluding tert-OH is 1. The summed E-state index contributed by atoms with van der Waals surface area (Å²) in [6, 6.07) is 4.64. The lowest BCUT2D eigenvalue weighted by molar-refractivity contribution is -0.141. The van der Waals surface area contributed by atoms with E-state index in [1.54, 1.807) is 19.1 Å². The van der Waals surface area contributed by atoms with E-state index in [1.165, 1.54) is 13.0 Å². The molecular weight excluding hydrogens is 262 g/mol. The average Bonchev–Trinajstić information content (AvgIpc) is 2.35. The molecule has 1 aromatic carbocycles. The van der Waals surface area contributed by atoms with Gasteiger partial charge in [-0.05, 0) is 25.5 Å². The highest BCUT2D eigenvalue weighted by atomic mass is 16.4. The molecule has 0 aliphatic rings. The highest BCUT2D eigenvalue weighted by molar-refractivity contribution is 5.93. The predicted octanol–water partition coefficient (Wildman–Crippen LogP) is 0.822. The summed E-state index contributed by atoms with van der Waals surface area (Å²) in [5.74, 6) is -1.35. The topological polar surface area (TPSA) is 122 Å². The van der Waals surface area contributed by atoms with Gasteiger partial charge in [0, 0.05) is 0 Å². The van der Waals surface area contributed by atoms with Gasteiger partial charge < -0.3 is 20.8 Å². The van der Waals surface area contributed by atoms with Crippen LogP contribution in [0.2, 0.25) is 0 Å². The number of aryl methyl sites for hydroxylation is 1. The lowest BCUT2D eigenvalue weighted by Crippen LogP contribution is -2.49. The van der Waals surface area contributed by atoms with Gasteiger partial charge in [-0.25, -0.2) is 9.59 Å². The minimum atomic E-state index is -1.43. The molecule has 0 aliphatic heterocycles. The number of urea groups is 1. The molecule has 0 fully saturated rings. The Morgan fingerprint density at radius 3 is 2.55 bits per heavy atom. The van der Waals surface area contributed by atoms with E-state index in [-0.39, 0.29) is 5.69 Å². The molecular formula is C13H15N3O4. The Morgan fingerprint density at radius 1 is 1.40 bits per heavy atom. The summed E-state index contributed by atoms with van der Waals surface area (Å²) in [6.45, 7) is 2.98. The smallest absolute Gasteiger partial charge is 0.328 e. The number of carbonyl (C=O) groups is 2. The maximum Gasteiger partial charge on any atom is 0.328 e. The van der Waals surface area contributed by atoms with E-state index in [0.29, 0.717) is 11.1 Å². The van der Waals surface area contributed by atoms with Crippen molar-refractivity contribution in [1.29, 1.82) is 5.26 Å². The number of benzene rings is 1. The number of aliphatic carboxylic acids is 1. The fraction of sp³-hybridized carbons (Fsp3) is 0.308. The molecule has 1 rings (SSSR count). The molecule has 0 aromatic heterocycles. The summed E-state index contributed by atoms with van der Waals surface area (Å²) in [6.07, 6.45) is -1.24. The number of nitriles is 1. The van der Waals surface area contributed by atoms with E-state index >= 15 is 0 Å². The van der Waals surface area contributed by atoms with Gasteiger partial charge >= 0.3 is 12.0 Å². The van der Waals surface area contributed by atoms with E-state index in [0.717, 1.165) is 0 Å². The Bertz CT molecular complexity index is 563. The molecule has 1 aromatic rings. The molecule has 7 nitrogen and oxygen atoms in total. The second-order valence-corrected chi connectivity index (χ2v) is 4.26. The zero-order chi connectivity index (χ0) is 15.3. The van der Waals surface area contributed by atoms with Crippen molar-refractivity contribution in [3.05, 3.63) is 29.3 Å². The first-order valence-corrected chi connectivity index (χ1v) is 5.85. The number of carboxylic acid groups (broad SMARTS) is 1. The third-order valence-electron chi connectivity index (χ3n) is 2.67. The average molecular weight is 277 g/mol. The van der Waals surface area contributed by atoms with Gasteiger partial charge in [0.1, 0.15) is 6.07 Å². The number of nitrogens with zero attached hydrogens (tertiary/aromatic N) is 1. The van der Waals surface area contributed by atoms with Crippen LogP contribution in [0.4, 0.5) is 10.5 Å². The van der Waals surface area contributed by atoms with Crippen LogP contribution in [0, 0.1) is 18.3 Å². The van der Waals surface area contributed by atoms with Crippen molar-refractivity contribution in [2.45, 2.75) is 26.0 Å². The number of amides is 2. The van der Waals surface area contributed by atoms with E-state index < -0.39 is 24.1 Å². The molecule has 0 saturated carbocycles. The molecule has 7 heteroatoms. The fourth-order valence-corrected chi connectivity index (χ4v) is 1.61. The number of hydrogen-bond acceptors (Lipinski definition) is 4. The highest BCUT2D eigenvalue weighted by Gasteiger charge is 2.25. The number of carboxylic acids is 1. The normalized spacial score (nSPS) is 12.9. The monoisotopic (exact) mass is 277 g/mol. The quantitative estimate of drug-likeness (QED) is 0.649. The van der Waals surface area contributed by atoms with Gasteiger partial charge in [0.05, 0.1) is 17.4 Å². The summed E-state index contributed by atoms with van der Waals surface area (Å²) in [7, 11) is 0. The molecule has 20 heavy (non-hydrogen) atoms. The second kappa shape index (κ2) is 6.54. The maximum absolute atomic E-state index is 11.7. The first kappa shape index (κ1) is 15.5. The van der Waals surface area contributed by atoms with Crippen molar-refractivity contribution in [2.24, 2.45) is 0 Å². The molecule has 0 heterocycles. The number of rotatable bonds is 4. The van der Waals surface area contributed by atoms with E-state index in [4.69, 9.17) is 10.4 Å². The van der Waals surface area contributed by atoms with E-state index in [9.17, 15) is 14.7 Å². The summed E-state index contributed by atoms with van der Waals surface area (Å²) in [4.78, 5) is 22.6. The van der Waals surface area contributed by atoms with Crippen LogP contribution in [-0.2, 0) is 4.79 Å². The lowest BCUT2D eigenvalue weighted by Gasteiger charge is -2.18.